The molecule has 2 heterocycles. The van der Waals surface area contributed by atoms with Gasteiger partial charge in [-0.15, -0.1) is 0 Å². The first-order chi connectivity index (χ1) is 15.5. The van der Waals surface area contributed by atoms with Crippen LogP contribution in [0.15, 0.2) is 54.7 Å². The summed E-state index contributed by atoms with van der Waals surface area (Å²) in [6.45, 7) is 4.33. The van der Waals surface area contributed by atoms with E-state index >= 15 is 0 Å². The first-order valence-corrected chi connectivity index (χ1v) is 10.9. The lowest BCUT2D eigenvalue weighted by Crippen LogP contribution is -2.34. The van der Waals surface area contributed by atoms with Crippen LogP contribution in [0.25, 0.3) is 11.1 Å². The van der Waals surface area contributed by atoms with Crippen molar-refractivity contribution in [3.05, 3.63) is 66.0 Å². The van der Waals surface area contributed by atoms with Gasteiger partial charge in [-0.25, -0.2) is 9.97 Å². The Morgan fingerprint density at radius 3 is 2.62 bits per heavy atom. The lowest BCUT2D eigenvalue weighted by Gasteiger charge is -2.33. The number of nitrogens with two attached hydrogens (primary N) is 1. The second kappa shape index (κ2) is 9.78. The molecule has 0 saturated carbocycles. The normalized spacial score (nSPS) is 16.5. The van der Waals surface area contributed by atoms with E-state index in [1.807, 2.05) is 42.6 Å². The van der Waals surface area contributed by atoms with Gasteiger partial charge in [-0.05, 0) is 54.8 Å². The van der Waals surface area contributed by atoms with E-state index in [-0.39, 0.29) is 11.8 Å². The number of nitrogens with zero attached hydrogens (tertiary/aromatic N) is 3. The highest BCUT2D eigenvalue weighted by atomic mass is 16.5. The average molecular weight is 432 g/mol. The van der Waals surface area contributed by atoms with Crippen LogP contribution >= 0.6 is 0 Å². The zero-order valence-corrected chi connectivity index (χ0v) is 18.5. The minimum atomic E-state index is -0.0617. The summed E-state index contributed by atoms with van der Waals surface area (Å²) in [6.07, 6.45) is 4.00. The molecule has 7 nitrogen and oxygen atoms in total. The topological polar surface area (TPSA) is 93.4 Å². The van der Waals surface area contributed by atoms with Crippen molar-refractivity contribution in [1.82, 2.24) is 14.9 Å². The average Bonchev–Trinajstić information content (AvgIpc) is 2.80. The number of ether oxygens (including phenoxy) is 1. The van der Waals surface area contributed by atoms with E-state index in [2.05, 4.69) is 32.3 Å². The van der Waals surface area contributed by atoms with Gasteiger partial charge < -0.3 is 15.8 Å². The Morgan fingerprint density at radius 2 is 1.94 bits per heavy atom. The summed E-state index contributed by atoms with van der Waals surface area (Å²) in [4.78, 5) is 22.6. The van der Waals surface area contributed by atoms with Gasteiger partial charge in [-0.1, -0.05) is 24.3 Å². The van der Waals surface area contributed by atoms with Gasteiger partial charge in [0.2, 0.25) is 11.9 Å². The van der Waals surface area contributed by atoms with Crippen LogP contribution in [0.4, 0.5) is 11.6 Å². The Balaban J connectivity index is 1.51. The van der Waals surface area contributed by atoms with Crippen LogP contribution in [-0.4, -0.2) is 41.0 Å². The van der Waals surface area contributed by atoms with Crippen LogP contribution in [0.1, 0.15) is 36.9 Å². The molecule has 0 unspecified atom stereocenters. The number of amides is 1. The number of hydrogen-bond donors (Lipinski definition) is 2. The third-order valence-corrected chi connectivity index (χ3v) is 5.81. The summed E-state index contributed by atoms with van der Waals surface area (Å²) in [7, 11) is 1.66. The van der Waals surface area contributed by atoms with Gasteiger partial charge in [-0.3, -0.25) is 9.69 Å². The van der Waals surface area contributed by atoms with Crippen molar-refractivity contribution in [3.8, 4) is 16.9 Å². The van der Waals surface area contributed by atoms with Crippen molar-refractivity contribution in [3.63, 3.8) is 0 Å². The first kappa shape index (κ1) is 21.8. The number of nitrogen functional groups attached to an aromatic ring is 1. The second-order valence-electron chi connectivity index (χ2n) is 8.21. The minimum absolute atomic E-state index is 0.0617. The number of carbonyl (C=O) groups excluding carboxylic acids is 1. The lowest BCUT2D eigenvalue weighted by molar-refractivity contribution is -0.114. The van der Waals surface area contributed by atoms with Crippen LogP contribution < -0.4 is 15.8 Å². The molecule has 3 N–H and O–H groups in total. The van der Waals surface area contributed by atoms with Crippen molar-refractivity contribution < 1.29 is 9.53 Å². The molecule has 0 radical (unpaired) electrons. The van der Waals surface area contributed by atoms with E-state index in [0.29, 0.717) is 5.95 Å². The van der Waals surface area contributed by atoms with Crippen LogP contribution in [0.2, 0.25) is 0 Å². The Morgan fingerprint density at radius 1 is 1.19 bits per heavy atom. The minimum Gasteiger partial charge on any atom is -0.497 e. The van der Waals surface area contributed by atoms with Crippen LogP contribution in [0.5, 0.6) is 5.75 Å². The monoisotopic (exact) mass is 431 g/mol. The third kappa shape index (κ3) is 5.23. The molecule has 1 amide bonds. The summed E-state index contributed by atoms with van der Waals surface area (Å²) >= 11 is 0. The highest BCUT2D eigenvalue weighted by Crippen LogP contribution is 2.34. The van der Waals surface area contributed by atoms with Gasteiger partial charge in [0, 0.05) is 43.4 Å². The molecule has 32 heavy (non-hydrogen) atoms. The highest BCUT2D eigenvalue weighted by Gasteiger charge is 2.25. The summed E-state index contributed by atoms with van der Waals surface area (Å²) in [5.41, 5.74) is 11.1. The second-order valence-corrected chi connectivity index (χ2v) is 8.21. The maximum atomic E-state index is 11.2. The standard InChI is InChI=1S/C25H29N5O2/c1-17(31)28-21-9-5-18(6-10-21)15-30-13-3-4-20(16-30)24-23(14-27-25(26)29-24)19-7-11-22(32-2)12-8-19/h5-12,14,20H,3-4,13,15-16H2,1-2H3,(H,28,31)(H2,26,27,29)/t20-/m1/s1. The van der Waals surface area contributed by atoms with E-state index in [1.54, 1.807) is 7.11 Å². The number of nitrogens with one attached hydrogen (secondary N) is 1. The number of carbonyl (C=O) groups is 1. The number of hydrogen-bond acceptors (Lipinski definition) is 6. The number of likely N-dealkylation sites (tertiary alicyclic amines) is 1. The van der Waals surface area contributed by atoms with Gasteiger partial charge in [0.1, 0.15) is 5.75 Å². The van der Waals surface area contributed by atoms with E-state index < -0.39 is 0 Å². The summed E-state index contributed by atoms with van der Waals surface area (Å²) in [5, 5.41) is 2.81. The number of aromatic nitrogens is 2. The van der Waals surface area contributed by atoms with Gasteiger partial charge in [0.15, 0.2) is 0 Å². The van der Waals surface area contributed by atoms with Gasteiger partial charge in [-0.2, -0.15) is 0 Å². The Bertz CT molecular complexity index is 1070. The SMILES string of the molecule is COc1ccc(-c2cnc(N)nc2[C@@H]2CCCN(Cc3ccc(NC(C)=O)cc3)C2)cc1. The van der Waals surface area contributed by atoms with Crippen molar-refractivity contribution in [2.45, 2.75) is 32.2 Å². The fraction of sp³-hybridized carbons (Fsp3) is 0.320. The lowest BCUT2D eigenvalue weighted by atomic mass is 9.89. The molecule has 2 aromatic carbocycles. The number of benzene rings is 2. The molecular formula is C25H29N5O2. The van der Waals surface area contributed by atoms with Crippen molar-refractivity contribution in [1.29, 1.82) is 0 Å². The van der Waals surface area contributed by atoms with E-state index in [1.165, 1.54) is 12.5 Å². The van der Waals surface area contributed by atoms with E-state index in [0.717, 1.165) is 60.7 Å². The molecule has 4 rings (SSSR count). The van der Waals surface area contributed by atoms with Crippen molar-refractivity contribution in [2.75, 3.05) is 31.2 Å². The number of anilines is 2. The van der Waals surface area contributed by atoms with Crippen LogP contribution in [0, 0.1) is 0 Å². The quantitative estimate of drug-likeness (QED) is 0.611. The van der Waals surface area contributed by atoms with Crippen LogP contribution in [-0.2, 0) is 11.3 Å². The molecule has 1 atom stereocenters. The molecule has 0 aliphatic carbocycles. The molecule has 0 bridgehead atoms. The molecule has 7 heteroatoms. The van der Waals surface area contributed by atoms with Gasteiger partial charge in [0.05, 0.1) is 12.8 Å². The van der Waals surface area contributed by atoms with E-state index in [4.69, 9.17) is 10.5 Å². The maximum absolute atomic E-state index is 11.2. The first-order valence-electron chi connectivity index (χ1n) is 10.9. The third-order valence-electron chi connectivity index (χ3n) is 5.81. The predicted molar refractivity (Wildman–Crippen MR) is 126 cm³/mol. The number of piperidine rings is 1. The summed E-state index contributed by atoms with van der Waals surface area (Å²) in [5.74, 6) is 1.35. The number of methoxy groups -OCH3 is 1. The largest absolute Gasteiger partial charge is 0.497 e. The van der Waals surface area contributed by atoms with Gasteiger partial charge >= 0.3 is 0 Å². The highest BCUT2D eigenvalue weighted by molar-refractivity contribution is 5.88. The molecular weight excluding hydrogens is 402 g/mol. The zero-order valence-electron chi connectivity index (χ0n) is 18.5. The molecule has 0 spiro atoms. The summed E-state index contributed by atoms with van der Waals surface area (Å²) in [6, 6.07) is 16.0. The smallest absolute Gasteiger partial charge is 0.221 e. The number of rotatable bonds is 6. The Kier molecular flexibility index (Phi) is 6.66. The van der Waals surface area contributed by atoms with Crippen molar-refractivity contribution >= 4 is 17.5 Å². The van der Waals surface area contributed by atoms with Crippen molar-refractivity contribution in [2.24, 2.45) is 0 Å². The predicted octanol–water partition coefficient (Wildman–Crippen LogP) is 4.07. The molecule has 166 valence electrons. The molecule has 1 fully saturated rings. The molecule has 1 aromatic heterocycles. The molecule has 1 saturated heterocycles. The zero-order chi connectivity index (χ0) is 22.5. The molecule has 1 aliphatic rings. The Hall–Kier alpha value is -3.45. The van der Waals surface area contributed by atoms with Crippen LogP contribution in [0.3, 0.4) is 0 Å². The van der Waals surface area contributed by atoms with Gasteiger partial charge in [0.25, 0.3) is 0 Å². The maximum Gasteiger partial charge on any atom is 0.221 e. The Labute approximate surface area is 188 Å². The summed E-state index contributed by atoms with van der Waals surface area (Å²) < 4.78 is 5.29. The van der Waals surface area contributed by atoms with E-state index in [9.17, 15) is 4.79 Å². The fourth-order valence-corrected chi connectivity index (χ4v) is 4.29. The molecule has 1 aliphatic heterocycles. The fourth-order valence-electron chi connectivity index (χ4n) is 4.29. The molecule has 3 aromatic rings.